The lowest BCUT2D eigenvalue weighted by Crippen LogP contribution is -2.35. The van der Waals surface area contributed by atoms with Crippen molar-refractivity contribution in [3.05, 3.63) is 58.7 Å². The minimum absolute atomic E-state index is 0.311. The first-order valence-corrected chi connectivity index (χ1v) is 12.4. The molecule has 0 amide bonds. The lowest BCUT2D eigenvalue weighted by atomic mass is 9.76. The van der Waals surface area contributed by atoms with Gasteiger partial charge in [0.1, 0.15) is 0 Å². The highest BCUT2D eigenvalue weighted by Gasteiger charge is 2.31. The maximum Gasteiger partial charge on any atom is 0.0653 e. The van der Waals surface area contributed by atoms with Crippen LogP contribution in [0.4, 0.5) is 0 Å². The summed E-state index contributed by atoms with van der Waals surface area (Å²) in [7, 11) is 0. The molecule has 0 aromatic rings. The quantitative estimate of drug-likeness (QED) is 0.444. The van der Waals surface area contributed by atoms with E-state index in [2.05, 4.69) is 84.9 Å². The molecule has 0 spiro atoms. The van der Waals surface area contributed by atoms with Gasteiger partial charge in [0.25, 0.3) is 0 Å². The van der Waals surface area contributed by atoms with Crippen molar-refractivity contribution >= 4 is 0 Å². The lowest BCUT2D eigenvalue weighted by molar-refractivity contribution is -0.0122. The predicted molar refractivity (Wildman–Crippen MR) is 139 cm³/mol. The van der Waals surface area contributed by atoms with Gasteiger partial charge in [-0.25, -0.2) is 0 Å². The molecule has 0 aromatic heterocycles. The number of allylic oxidation sites excluding steroid dienone is 10. The summed E-state index contributed by atoms with van der Waals surface area (Å²) in [5.41, 5.74) is 5.67. The molecule has 0 bridgehead atoms. The van der Waals surface area contributed by atoms with Crippen molar-refractivity contribution in [3.8, 4) is 0 Å². The van der Waals surface area contributed by atoms with E-state index in [1.807, 2.05) is 6.92 Å². The number of hydrogen-bond donors (Lipinski definition) is 1. The van der Waals surface area contributed by atoms with Crippen LogP contribution in [0.3, 0.4) is 0 Å². The van der Waals surface area contributed by atoms with Gasteiger partial charge >= 0.3 is 0 Å². The van der Waals surface area contributed by atoms with Crippen LogP contribution in [0.1, 0.15) is 113 Å². The average molecular weight is 427 g/mol. The third kappa shape index (κ3) is 12.3. The van der Waals surface area contributed by atoms with E-state index in [0.29, 0.717) is 11.3 Å². The van der Waals surface area contributed by atoms with Crippen LogP contribution in [0.5, 0.6) is 0 Å². The van der Waals surface area contributed by atoms with Crippen molar-refractivity contribution in [2.45, 2.75) is 119 Å². The van der Waals surface area contributed by atoms with E-state index < -0.39 is 5.60 Å². The van der Waals surface area contributed by atoms with Gasteiger partial charge < -0.3 is 5.11 Å². The van der Waals surface area contributed by atoms with Gasteiger partial charge in [-0.3, -0.25) is 0 Å². The molecule has 0 aromatic carbocycles. The largest absolute Gasteiger partial charge is 0.390 e. The van der Waals surface area contributed by atoms with E-state index >= 15 is 0 Å². The van der Waals surface area contributed by atoms with Gasteiger partial charge in [0.15, 0.2) is 0 Å². The van der Waals surface area contributed by atoms with Crippen LogP contribution < -0.4 is 0 Å². The Bertz CT molecular complexity index is 690. The summed E-state index contributed by atoms with van der Waals surface area (Å²) in [6.45, 7) is 17.5. The normalized spacial score (nSPS) is 28.0. The first-order valence-electron chi connectivity index (χ1n) is 12.4. The molecule has 0 fully saturated rings. The second-order valence-corrected chi connectivity index (χ2v) is 11.1. The van der Waals surface area contributed by atoms with Crippen LogP contribution in [0.15, 0.2) is 58.7 Å². The SMILES string of the molecule is C/C1=C\CC/C(C)=C/CC(C)(C)/C=C/C1.CC(C)=CCC[C@@](C)(O)[C@H]1CC=C(C)CC1. The molecule has 2 aliphatic rings. The number of aliphatic hydroxyl groups is 1. The summed E-state index contributed by atoms with van der Waals surface area (Å²) >= 11 is 0. The molecular weight excluding hydrogens is 376 g/mol. The first-order chi connectivity index (χ1) is 14.4. The third-order valence-electron chi connectivity index (χ3n) is 6.74. The first kappa shape index (κ1) is 27.7. The topological polar surface area (TPSA) is 20.2 Å². The fraction of sp³-hybridized carbons (Fsp3) is 0.667. The Labute approximate surface area is 194 Å². The standard InChI is InChI=1S/C15H26O.C15H24/c1-12(2)6-5-11-15(4,16)14-9-7-13(3)8-10-14;1-13-7-5-8-14(2)10-12-15(3,4)11-6-9-13/h6-7,14,16H,5,8-11H2,1-4H3;6-7,10-11H,5,8-9,12H2,1-4H3/b;11-6+,13-7+,14-10+/t14-,15+;/m0./s1. The Hall–Kier alpha value is -1.34. The highest BCUT2D eigenvalue weighted by Crippen LogP contribution is 2.34. The second kappa shape index (κ2) is 13.3. The van der Waals surface area contributed by atoms with Crippen LogP contribution in [-0.4, -0.2) is 10.7 Å². The Morgan fingerprint density at radius 3 is 2.35 bits per heavy atom. The van der Waals surface area contributed by atoms with Gasteiger partial charge in [-0.15, -0.1) is 0 Å². The summed E-state index contributed by atoms with van der Waals surface area (Å²) in [4.78, 5) is 0. The molecule has 31 heavy (non-hydrogen) atoms. The molecule has 0 saturated heterocycles. The summed E-state index contributed by atoms with van der Waals surface area (Å²) in [6.07, 6.45) is 23.9. The molecule has 1 N–H and O–H groups in total. The minimum Gasteiger partial charge on any atom is -0.390 e. The zero-order valence-corrected chi connectivity index (χ0v) is 21.9. The molecule has 1 nitrogen and oxygen atoms in total. The zero-order valence-electron chi connectivity index (χ0n) is 21.9. The van der Waals surface area contributed by atoms with Gasteiger partial charge in [0.2, 0.25) is 0 Å². The summed E-state index contributed by atoms with van der Waals surface area (Å²) < 4.78 is 0. The van der Waals surface area contributed by atoms with Crippen LogP contribution in [0.25, 0.3) is 0 Å². The minimum atomic E-state index is -0.497. The fourth-order valence-corrected chi connectivity index (χ4v) is 4.19. The van der Waals surface area contributed by atoms with Crippen LogP contribution in [0, 0.1) is 11.3 Å². The molecular formula is C30H50O. The van der Waals surface area contributed by atoms with E-state index in [4.69, 9.17) is 0 Å². The van der Waals surface area contributed by atoms with Crippen LogP contribution in [0.2, 0.25) is 0 Å². The molecule has 0 radical (unpaired) electrons. The Balaban J connectivity index is 0.000000311. The fourth-order valence-electron chi connectivity index (χ4n) is 4.19. The molecule has 0 unspecified atom stereocenters. The Kier molecular flexibility index (Phi) is 11.8. The summed E-state index contributed by atoms with van der Waals surface area (Å²) in [6, 6.07) is 0. The highest BCUT2D eigenvalue weighted by atomic mass is 16.3. The second-order valence-electron chi connectivity index (χ2n) is 11.1. The molecule has 176 valence electrons. The zero-order chi connectivity index (χ0) is 23.5. The molecule has 2 aliphatic carbocycles. The molecule has 2 rings (SSSR count). The van der Waals surface area contributed by atoms with Crippen LogP contribution >= 0.6 is 0 Å². The van der Waals surface area contributed by atoms with E-state index in [1.54, 1.807) is 0 Å². The van der Waals surface area contributed by atoms with Crippen molar-refractivity contribution in [2.75, 3.05) is 0 Å². The summed E-state index contributed by atoms with van der Waals surface area (Å²) in [5.74, 6) is 0.446. The van der Waals surface area contributed by atoms with E-state index in [1.165, 1.54) is 35.1 Å². The average Bonchev–Trinajstić information content (AvgIpc) is 2.68. The molecule has 0 aliphatic heterocycles. The predicted octanol–water partition coefficient (Wildman–Crippen LogP) is 9.27. The van der Waals surface area contributed by atoms with Gasteiger partial charge in [-0.2, -0.15) is 0 Å². The Morgan fingerprint density at radius 2 is 1.74 bits per heavy atom. The molecule has 0 heterocycles. The summed E-state index contributed by atoms with van der Waals surface area (Å²) in [5, 5.41) is 10.5. The molecule has 1 heteroatoms. The van der Waals surface area contributed by atoms with E-state index in [0.717, 1.165) is 44.9 Å². The van der Waals surface area contributed by atoms with Crippen molar-refractivity contribution in [3.63, 3.8) is 0 Å². The monoisotopic (exact) mass is 426 g/mol. The maximum atomic E-state index is 10.5. The van der Waals surface area contributed by atoms with Crippen molar-refractivity contribution < 1.29 is 5.11 Å². The van der Waals surface area contributed by atoms with Crippen molar-refractivity contribution in [2.24, 2.45) is 11.3 Å². The van der Waals surface area contributed by atoms with E-state index in [9.17, 15) is 5.11 Å². The highest BCUT2D eigenvalue weighted by molar-refractivity contribution is 5.12. The lowest BCUT2D eigenvalue weighted by Gasteiger charge is -2.34. The molecule has 0 saturated carbocycles. The number of rotatable bonds is 4. The Morgan fingerprint density at radius 1 is 1.06 bits per heavy atom. The van der Waals surface area contributed by atoms with Crippen molar-refractivity contribution in [1.82, 2.24) is 0 Å². The van der Waals surface area contributed by atoms with Gasteiger partial charge in [-0.05, 0) is 111 Å². The van der Waals surface area contributed by atoms with Crippen LogP contribution in [-0.2, 0) is 0 Å². The van der Waals surface area contributed by atoms with Crippen molar-refractivity contribution in [1.29, 1.82) is 0 Å². The van der Waals surface area contributed by atoms with Gasteiger partial charge in [-0.1, -0.05) is 72.6 Å². The smallest absolute Gasteiger partial charge is 0.0653 e. The third-order valence-corrected chi connectivity index (χ3v) is 6.74. The van der Waals surface area contributed by atoms with Gasteiger partial charge in [0.05, 0.1) is 5.60 Å². The molecule has 2 atom stereocenters. The number of hydrogen-bond acceptors (Lipinski definition) is 1. The van der Waals surface area contributed by atoms with Gasteiger partial charge in [0, 0.05) is 0 Å². The van der Waals surface area contributed by atoms with E-state index in [-0.39, 0.29) is 0 Å². The maximum absolute atomic E-state index is 10.5.